The minimum Gasteiger partial charge on any atom is -0.207 e. The molecule has 0 amide bonds. The van der Waals surface area contributed by atoms with Crippen LogP contribution in [0.5, 0.6) is 0 Å². The van der Waals surface area contributed by atoms with Crippen molar-refractivity contribution in [3.8, 4) is 0 Å². The zero-order chi connectivity index (χ0) is 16.2. The van der Waals surface area contributed by atoms with E-state index < -0.39 is 5.41 Å². The number of rotatable bonds is 6. The van der Waals surface area contributed by atoms with E-state index in [-0.39, 0.29) is 17.6 Å². The van der Waals surface area contributed by atoms with Crippen LogP contribution < -0.4 is 0 Å². The topological polar surface area (TPSA) is 0 Å². The van der Waals surface area contributed by atoms with Crippen LogP contribution in [0.2, 0.25) is 0 Å². The Labute approximate surface area is 132 Å². The summed E-state index contributed by atoms with van der Waals surface area (Å²) in [5.74, 6) is -0.336. The van der Waals surface area contributed by atoms with Crippen molar-refractivity contribution in [1.29, 1.82) is 0 Å². The lowest BCUT2D eigenvalue weighted by Gasteiger charge is -2.39. The smallest absolute Gasteiger partial charge is 0.127 e. The lowest BCUT2D eigenvalue weighted by Crippen LogP contribution is -2.35. The van der Waals surface area contributed by atoms with Crippen molar-refractivity contribution < 1.29 is 8.78 Å². The lowest BCUT2D eigenvalue weighted by molar-refractivity contribution is 0.294. The summed E-state index contributed by atoms with van der Waals surface area (Å²) in [7, 11) is 0. The highest BCUT2D eigenvalue weighted by Crippen LogP contribution is 2.44. The monoisotopic (exact) mass is 302 g/mol. The summed E-state index contributed by atoms with van der Waals surface area (Å²) in [5.41, 5.74) is 0.502. The Morgan fingerprint density at radius 1 is 0.864 bits per heavy atom. The van der Waals surface area contributed by atoms with Crippen molar-refractivity contribution in [2.45, 2.75) is 45.4 Å². The van der Waals surface area contributed by atoms with Gasteiger partial charge in [0.25, 0.3) is 0 Å². The Morgan fingerprint density at radius 3 is 1.68 bits per heavy atom. The van der Waals surface area contributed by atoms with Gasteiger partial charge in [0.15, 0.2) is 0 Å². The van der Waals surface area contributed by atoms with Gasteiger partial charge in [0.05, 0.1) is 0 Å². The molecule has 0 aliphatic heterocycles. The Kier molecular flexibility index (Phi) is 5.33. The van der Waals surface area contributed by atoms with Crippen LogP contribution in [-0.2, 0) is 5.41 Å². The molecule has 22 heavy (non-hydrogen) atoms. The van der Waals surface area contributed by atoms with Crippen LogP contribution in [0.15, 0.2) is 48.5 Å². The minimum absolute atomic E-state index is 0.186. The van der Waals surface area contributed by atoms with Gasteiger partial charge in [0, 0.05) is 5.41 Å². The number of benzene rings is 2. The molecule has 0 fully saturated rings. The molecule has 0 saturated heterocycles. The third kappa shape index (κ3) is 2.92. The third-order valence-electron chi connectivity index (χ3n) is 4.81. The fraction of sp³-hybridized carbons (Fsp3) is 0.400. The summed E-state index contributed by atoms with van der Waals surface area (Å²) in [6, 6.07) is 13.5. The van der Waals surface area contributed by atoms with Gasteiger partial charge in [0.2, 0.25) is 0 Å². The van der Waals surface area contributed by atoms with Crippen LogP contribution in [0.4, 0.5) is 8.78 Å². The van der Waals surface area contributed by atoms with Crippen molar-refractivity contribution in [2.24, 2.45) is 5.92 Å². The highest BCUT2D eigenvalue weighted by Gasteiger charge is 2.39. The zero-order valence-electron chi connectivity index (χ0n) is 13.6. The lowest BCUT2D eigenvalue weighted by atomic mass is 9.64. The van der Waals surface area contributed by atoms with Crippen LogP contribution in [0.25, 0.3) is 0 Å². The van der Waals surface area contributed by atoms with Crippen LogP contribution >= 0.6 is 0 Å². The van der Waals surface area contributed by atoms with E-state index in [2.05, 4.69) is 13.8 Å². The van der Waals surface area contributed by atoms with Crippen molar-refractivity contribution in [2.75, 3.05) is 0 Å². The first-order chi connectivity index (χ1) is 10.6. The molecule has 0 heterocycles. The Bertz CT molecular complexity index is 573. The summed E-state index contributed by atoms with van der Waals surface area (Å²) in [6.45, 7) is 6.19. The van der Waals surface area contributed by atoms with Gasteiger partial charge in [-0.2, -0.15) is 0 Å². The molecule has 1 unspecified atom stereocenters. The Balaban J connectivity index is 2.69. The molecule has 0 aliphatic carbocycles. The Hall–Kier alpha value is -1.70. The summed E-state index contributed by atoms with van der Waals surface area (Å²) >= 11 is 0. The molecule has 0 aromatic heterocycles. The highest BCUT2D eigenvalue weighted by molar-refractivity contribution is 5.41. The maximum atomic E-state index is 14.5. The van der Waals surface area contributed by atoms with Gasteiger partial charge in [-0.3, -0.25) is 0 Å². The van der Waals surface area contributed by atoms with Crippen molar-refractivity contribution >= 4 is 0 Å². The molecule has 2 rings (SSSR count). The van der Waals surface area contributed by atoms with E-state index in [1.165, 1.54) is 12.1 Å². The van der Waals surface area contributed by atoms with E-state index in [9.17, 15) is 8.78 Å². The fourth-order valence-corrected chi connectivity index (χ4v) is 3.60. The standard InChI is InChI=1S/C20H24F2/c1-4-10-15(5-2)20(3,16-11-6-8-13-18(16)21)17-12-7-9-14-19(17)22/h6-9,11-15H,4-5,10H2,1-3H3. The van der Waals surface area contributed by atoms with Crippen molar-refractivity contribution in [1.82, 2.24) is 0 Å². The summed E-state index contributed by atoms with van der Waals surface area (Å²) in [4.78, 5) is 0. The molecule has 0 N–H and O–H groups in total. The minimum atomic E-state index is -0.665. The first-order valence-electron chi connectivity index (χ1n) is 8.05. The summed E-state index contributed by atoms with van der Waals surface area (Å²) in [6.07, 6.45) is 2.82. The van der Waals surface area contributed by atoms with Gasteiger partial charge in [0.1, 0.15) is 11.6 Å². The predicted molar refractivity (Wildman–Crippen MR) is 87.9 cm³/mol. The van der Waals surface area contributed by atoms with Crippen LogP contribution in [-0.4, -0.2) is 0 Å². The van der Waals surface area contributed by atoms with Crippen molar-refractivity contribution in [3.63, 3.8) is 0 Å². The maximum absolute atomic E-state index is 14.5. The molecule has 0 radical (unpaired) electrons. The molecule has 0 saturated carbocycles. The van der Waals surface area contributed by atoms with E-state index in [0.717, 1.165) is 19.3 Å². The number of halogens is 2. The molecule has 2 aromatic rings. The molecular formula is C20H24F2. The summed E-state index contributed by atoms with van der Waals surface area (Å²) in [5, 5.41) is 0. The van der Waals surface area contributed by atoms with E-state index in [0.29, 0.717) is 11.1 Å². The second-order valence-electron chi connectivity index (χ2n) is 6.06. The van der Waals surface area contributed by atoms with E-state index >= 15 is 0 Å². The third-order valence-corrected chi connectivity index (χ3v) is 4.81. The van der Waals surface area contributed by atoms with Gasteiger partial charge in [-0.05, 0) is 35.6 Å². The predicted octanol–water partition coefficient (Wildman–Crippen LogP) is 6.10. The first-order valence-corrected chi connectivity index (χ1v) is 8.05. The maximum Gasteiger partial charge on any atom is 0.127 e. The van der Waals surface area contributed by atoms with Gasteiger partial charge < -0.3 is 0 Å². The fourth-order valence-electron chi connectivity index (χ4n) is 3.60. The number of hydrogen-bond donors (Lipinski definition) is 0. The average Bonchev–Trinajstić information content (AvgIpc) is 2.53. The van der Waals surface area contributed by atoms with Gasteiger partial charge in [-0.15, -0.1) is 0 Å². The van der Waals surface area contributed by atoms with Crippen molar-refractivity contribution in [3.05, 3.63) is 71.3 Å². The van der Waals surface area contributed by atoms with E-state index in [4.69, 9.17) is 0 Å². The molecule has 2 heteroatoms. The van der Waals surface area contributed by atoms with Crippen LogP contribution in [0.3, 0.4) is 0 Å². The SMILES string of the molecule is CCCC(CC)C(C)(c1ccccc1F)c1ccccc1F. The second kappa shape index (κ2) is 7.04. The largest absolute Gasteiger partial charge is 0.207 e. The van der Waals surface area contributed by atoms with E-state index in [1.807, 2.05) is 19.1 Å². The second-order valence-corrected chi connectivity index (χ2v) is 6.06. The normalized spacial score (nSPS) is 13.1. The van der Waals surface area contributed by atoms with Gasteiger partial charge in [-0.25, -0.2) is 8.78 Å². The molecule has 0 nitrogen and oxygen atoms in total. The average molecular weight is 302 g/mol. The van der Waals surface area contributed by atoms with Crippen LogP contribution in [0, 0.1) is 17.6 Å². The molecular weight excluding hydrogens is 278 g/mol. The molecule has 0 aliphatic rings. The summed E-state index contributed by atoms with van der Waals surface area (Å²) < 4.78 is 29.0. The Morgan fingerprint density at radius 2 is 1.32 bits per heavy atom. The van der Waals surface area contributed by atoms with Crippen LogP contribution in [0.1, 0.15) is 51.2 Å². The molecule has 0 spiro atoms. The van der Waals surface area contributed by atoms with Gasteiger partial charge in [-0.1, -0.05) is 70.0 Å². The molecule has 2 aromatic carbocycles. The quantitative estimate of drug-likeness (QED) is 0.605. The van der Waals surface area contributed by atoms with Gasteiger partial charge >= 0.3 is 0 Å². The molecule has 0 bridgehead atoms. The molecule has 1 atom stereocenters. The van der Waals surface area contributed by atoms with E-state index in [1.54, 1.807) is 24.3 Å². The zero-order valence-corrected chi connectivity index (χ0v) is 13.6. The molecule has 118 valence electrons. The first kappa shape index (κ1) is 16.7. The highest BCUT2D eigenvalue weighted by atomic mass is 19.1. The number of hydrogen-bond acceptors (Lipinski definition) is 0.